The number of carbonyl (C=O) groups is 2. The number of nitrogens with zero attached hydrogens (tertiary/aromatic N) is 2. The smallest absolute Gasteiger partial charge is 0.311 e. The zero-order valence-electron chi connectivity index (χ0n) is 14.5. The highest BCUT2D eigenvalue weighted by Crippen LogP contribution is 2.44. The van der Waals surface area contributed by atoms with Crippen molar-refractivity contribution in [1.82, 2.24) is 9.88 Å². The number of likely N-dealkylation sites (tertiary alicyclic amines) is 1. The quantitative estimate of drug-likeness (QED) is 0.892. The zero-order chi connectivity index (χ0) is 17.6. The maximum absolute atomic E-state index is 13.1. The van der Waals surface area contributed by atoms with Gasteiger partial charge in [0.2, 0.25) is 0 Å². The number of aryl methyl sites for hydroxylation is 1. The van der Waals surface area contributed by atoms with Crippen LogP contribution in [0.25, 0.3) is 0 Å². The van der Waals surface area contributed by atoms with Crippen LogP contribution in [0.15, 0.2) is 0 Å². The van der Waals surface area contributed by atoms with Crippen molar-refractivity contribution in [2.24, 2.45) is 11.3 Å². The van der Waals surface area contributed by atoms with Gasteiger partial charge in [-0.2, -0.15) is 0 Å². The van der Waals surface area contributed by atoms with Crippen LogP contribution in [-0.2, 0) is 9.53 Å². The molecule has 0 bridgehead atoms. The van der Waals surface area contributed by atoms with Crippen molar-refractivity contribution in [2.75, 3.05) is 26.3 Å². The van der Waals surface area contributed by atoms with Crippen LogP contribution >= 0.6 is 11.3 Å². The number of thiazole rings is 1. The molecule has 1 aliphatic carbocycles. The van der Waals surface area contributed by atoms with Gasteiger partial charge in [-0.25, -0.2) is 4.98 Å². The van der Waals surface area contributed by atoms with Gasteiger partial charge in [-0.05, 0) is 26.2 Å². The van der Waals surface area contributed by atoms with E-state index in [4.69, 9.17) is 4.74 Å². The largest absolute Gasteiger partial charge is 0.481 e. The molecule has 2 saturated heterocycles. The van der Waals surface area contributed by atoms with E-state index in [0.717, 1.165) is 23.5 Å². The van der Waals surface area contributed by atoms with Gasteiger partial charge in [-0.3, -0.25) is 9.59 Å². The van der Waals surface area contributed by atoms with Gasteiger partial charge in [0.15, 0.2) is 0 Å². The van der Waals surface area contributed by atoms with Gasteiger partial charge < -0.3 is 14.7 Å². The number of carboxylic acids is 1. The Balaban J connectivity index is 1.56. The van der Waals surface area contributed by atoms with E-state index in [-0.39, 0.29) is 18.4 Å². The maximum Gasteiger partial charge on any atom is 0.311 e. The number of carboxylic acid groups (broad SMARTS) is 1. The normalized spacial score (nSPS) is 29.8. The lowest BCUT2D eigenvalue weighted by molar-refractivity contribution is -0.157. The van der Waals surface area contributed by atoms with Gasteiger partial charge in [0.1, 0.15) is 4.88 Å². The van der Waals surface area contributed by atoms with E-state index in [1.54, 1.807) is 4.90 Å². The molecular formula is C18H24N2O4S. The Kier molecular flexibility index (Phi) is 4.32. The van der Waals surface area contributed by atoms with E-state index in [2.05, 4.69) is 4.98 Å². The average molecular weight is 364 g/mol. The topological polar surface area (TPSA) is 79.7 Å². The molecule has 136 valence electrons. The third kappa shape index (κ3) is 2.77. The number of fused-ring (bicyclic) bond motifs is 1. The number of ether oxygens (including phenoxy) is 1. The summed E-state index contributed by atoms with van der Waals surface area (Å²) in [6, 6.07) is 0. The van der Waals surface area contributed by atoms with Crippen LogP contribution in [0.2, 0.25) is 0 Å². The monoisotopic (exact) mass is 364 g/mol. The van der Waals surface area contributed by atoms with Gasteiger partial charge >= 0.3 is 5.97 Å². The van der Waals surface area contributed by atoms with Crippen molar-refractivity contribution in [3.05, 3.63) is 15.6 Å². The van der Waals surface area contributed by atoms with E-state index in [9.17, 15) is 14.7 Å². The van der Waals surface area contributed by atoms with Crippen LogP contribution in [0, 0.1) is 18.3 Å². The fourth-order valence-corrected chi connectivity index (χ4v) is 5.76. The molecular weight excluding hydrogens is 340 g/mol. The van der Waals surface area contributed by atoms with Gasteiger partial charge in [-0.15, -0.1) is 11.3 Å². The predicted molar refractivity (Wildman–Crippen MR) is 93.0 cm³/mol. The lowest BCUT2D eigenvalue weighted by atomic mass is 9.74. The van der Waals surface area contributed by atoms with Crippen LogP contribution in [0.4, 0.5) is 0 Å². The highest BCUT2D eigenvalue weighted by molar-refractivity contribution is 7.13. The fraction of sp³-hybridized carbons (Fsp3) is 0.722. The van der Waals surface area contributed by atoms with E-state index in [1.165, 1.54) is 24.2 Å². The molecule has 3 aliphatic rings. The third-order valence-electron chi connectivity index (χ3n) is 6.13. The van der Waals surface area contributed by atoms with Gasteiger partial charge in [0, 0.05) is 31.5 Å². The average Bonchev–Trinajstić information content (AvgIpc) is 3.32. The fourth-order valence-electron chi connectivity index (χ4n) is 4.56. The lowest BCUT2D eigenvalue weighted by Gasteiger charge is -2.33. The standard InChI is InChI=1S/C18H24N2O4S/c1-11-14(25-15(19-11)12-4-2-3-5-12)16(21)20-8-13-9-24-7-6-18(13,10-20)17(22)23/h12-13H,2-10H2,1H3,(H,22,23)/t13-,18+/m0/s1. The van der Waals surface area contributed by atoms with Crippen LogP contribution < -0.4 is 0 Å². The van der Waals surface area contributed by atoms with Crippen LogP contribution in [-0.4, -0.2) is 53.2 Å². The van der Waals surface area contributed by atoms with E-state index >= 15 is 0 Å². The molecule has 0 aromatic carbocycles. The number of rotatable bonds is 3. The summed E-state index contributed by atoms with van der Waals surface area (Å²) in [5.41, 5.74) is -0.0618. The Labute approximate surface area is 151 Å². The molecule has 1 saturated carbocycles. The summed E-state index contributed by atoms with van der Waals surface area (Å²) < 4.78 is 5.48. The highest BCUT2D eigenvalue weighted by atomic mass is 32.1. The maximum atomic E-state index is 13.1. The number of aromatic nitrogens is 1. The van der Waals surface area contributed by atoms with Gasteiger partial charge in [0.05, 0.1) is 22.7 Å². The first-order valence-electron chi connectivity index (χ1n) is 9.09. The molecule has 2 atom stereocenters. The number of hydrogen-bond acceptors (Lipinski definition) is 5. The Morgan fingerprint density at radius 3 is 2.80 bits per heavy atom. The first-order valence-corrected chi connectivity index (χ1v) is 9.90. The highest BCUT2D eigenvalue weighted by Gasteiger charge is 2.55. The van der Waals surface area contributed by atoms with E-state index in [0.29, 0.717) is 37.0 Å². The molecule has 4 rings (SSSR count). The summed E-state index contributed by atoms with van der Waals surface area (Å²) in [6.45, 7) is 3.51. The van der Waals surface area contributed by atoms with Crippen molar-refractivity contribution in [1.29, 1.82) is 0 Å². The van der Waals surface area contributed by atoms with Crippen molar-refractivity contribution in [3.63, 3.8) is 0 Å². The molecule has 3 heterocycles. The van der Waals surface area contributed by atoms with Crippen LogP contribution in [0.1, 0.15) is 58.4 Å². The van der Waals surface area contributed by atoms with Crippen molar-refractivity contribution in [2.45, 2.75) is 44.9 Å². The number of hydrogen-bond donors (Lipinski definition) is 1. The molecule has 2 aliphatic heterocycles. The molecule has 6 nitrogen and oxygen atoms in total. The lowest BCUT2D eigenvalue weighted by Crippen LogP contribution is -2.45. The van der Waals surface area contributed by atoms with Gasteiger partial charge in [0.25, 0.3) is 5.91 Å². The minimum atomic E-state index is -0.846. The minimum Gasteiger partial charge on any atom is -0.481 e. The zero-order valence-corrected chi connectivity index (χ0v) is 15.3. The molecule has 3 fully saturated rings. The molecule has 1 amide bonds. The number of amides is 1. The predicted octanol–water partition coefficient (Wildman–Crippen LogP) is 2.67. The summed E-state index contributed by atoms with van der Waals surface area (Å²) in [5, 5.41) is 10.8. The molecule has 1 N–H and O–H groups in total. The first-order chi connectivity index (χ1) is 12.0. The summed E-state index contributed by atoms with van der Waals surface area (Å²) in [7, 11) is 0. The second kappa shape index (κ2) is 6.36. The summed E-state index contributed by atoms with van der Waals surface area (Å²) in [5.74, 6) is -0.492. The molecule has 0 unspecified atom stereocenters. The molecule has 1 aromatic heterocycles. The summed E-state index contributed by atoms with van der Waals surface area (Å²) >= 11 is 1.51. The van der Waals surface area contributed by atoms with E-state index in [1.807, 2.05) is 6.92 Å². The number of carbonyl (C=O) groups excluding carboxylic acids is 1. The summed E-state index contributed by atoms with van der Waals surface area (Å²) in [6.07, 6.45) is 5.27. The third-order valence-corrected chi connectivity index (χ3v) is 7.44. The number of aliphatic carboxylic acids is 1. The molecule has 25 heavy (non-hydrogen) atoms. The van der Waals surface area contributed by atoms with Crippen LogP contribution in [0.5, 0.6) is 0 Å². The van der Waals surface area contributed by atoms with Crippen molar-refractivity contribution in [3.8, 4) is 0 Å². The Hall–Kier alpha value is -1.47. The Morgan fingerprint density at radius 2 is 2.12 bits per heavy atom. The Morgan fingerprint density at radius 1 is 1.36 bits per heavy atom. The Bertz CT molecular complexity index is 697. The van der Waals surface area contributed by atoms with E-state index < -0.39 is 11.4 Å². The van der Waals surface area contributed by atoms with Crippen LogP contribution in [0.3, 0.4) is 0 Å². The van der Waals surface area contributed by atoms with Crippen molar-refractivity contribution < 1.29 is 19.4 Å². The minimum absolute atomic E-state index is 0.0609. The summed E-state index contributed by atoms with van der Waals surface area (Å²) in [4.78, 5) is 32.0. The molecule has 0 radical (unpaired) electrons. The van der Waals surface area contributed by atoms with Gasteiger partial charge in [-0.1, -0.05) is 12.8 Å². The SMILES string of the molecule is Cc1nc(C2CCCC2)sc1C(=O)N1C[C@H]2COCC[C@@]2(C(=O)O)C1. The second-order valence-corrected chi connectivity index (χ2v) is 8.65. The first kappa shape index (κ1) is 17.0. The van der Waals surface area contributed by atoms with Crippen molar-refractivity contribution >= 4 is 23.2 Å². The molecule has 0 spiro atoms. The molecule has 7 heteroatoms. The second-order valence-electron chi connectivity index (χ2n) is 7.62. The molecule has 1 aromatic rings.